The molecule has 2 aliphatic rings. The van der Waals surface area contributed by atoms with Gasteiger partial charge < -0.3 is 20.5 Å². The largest absolute Gasteiger partial charge is 0.481 e. The number of rotatable bonds is 7. The van der Waals surface area contributed by atoms with E-state index in [0.29, 0.717) is 19.3 Å². The van der Waals surface area contributed by atoms with E-state index in [1.807, 2.05) is 24.3 Å². The highest BCUT2D eigenvalue weighted by Gasteiger charge is 2.35. The van der Waals surface area contributed by atoms with Crippen LogP contribution in [0.2, 0.25) is 0 Å². The Bertz CT molecular complexity index is 1020. The number of ether oxygens (including phenoxy) is 1. The van der Waals surface area contributed by atoms with Gasteiger partial charge in [-0.25, -0.2) is 4.79 Å². The lowest BCUT2D eigenvalue weighted by Gasteiger charge is -2.26. The molecular weight excluding hydrogens is 420 g/mol. The van der Waals surface area contributed by atoms with Crippen molar-refractivity contribution >= 4 is 18.0 Å². The van der Waals surface area contributed by atoms with E-state index < -0.39 is 17.6 Å². The number of carbonyl (C=O) groups is 3. The van der Waals surface area contributed by atoms with Crippen LogP contribution in [-0.2, 0) is 14.3 Å². The molecule has 4 rings (SSSR count). The molecule has 0 unspecified atom stereocenters. The van der Waals surface area contributed by atoms with Crippen LogP contribution in [0.3, 0.4) is 0 Å². The van der Waals surface area contributed by atoms with Crippen molar-refractivity contribution in [3.05, 3.63) is 59.7 Å². The molecule has 7 nitrogen and oxygen atoms in total. The molecule has 0 aromatic heterocycles. The predicted octanol–water partition coefficient (Wildman–Crippen LogP) is 4.06. The molecule has 1 fully saturated rings. The van der Waals surface area contributed by atoms with E-state index in [4.69, 9.17) is 9.84 Å². The highest BCUT2D eigenvalue weighted by atomic mass is 16.5. The van der Waals surface area contributed by atoms with Gasteiger partial charge in [-0.1, -0.05) is 48.5 Å². The topological polar surface area (TPSA) is 105 Å². The maximum Gasteiger partial charge on any atom is 0.407 e. The zero-order chi connectivity index (χ0) is 23.6. The van der Waals surface area contributed by atoms with E-state index in [1.165, 1.54) is 11.1 Å². The van der Waals surface area contributed by atoms with Crippen molar-refractivity contribution < 1.29 is 24.2 Å². The van der Waals surface area contributed by atoms with Gasteiger partial charge >= 0.3 is 12.1 Å². The summed E-state index contributed by atoms with van der Waals surface area (Å²) in [4.78, 5) is 36.0. The second-order valence-corrected chi connectivity index (χ2v) is 9.62. The van der Waals surface area contributed by atoms with Gasteiger partial charge in [0, 0.05) is 23.4 Å². The van der Waals surface area contributed by atoms with Gasteiger partial charge in [0.1, 0.15) is 6.61 Å². The highest BCUT2D eigenvalue weighted by molar-refractivity contribution is 5.81. The Balaban J connectivity index is 1.29. The van der Waals surface area contributed by atoms with Crippen LogP contribution in [-0.4, -0.2) is 41.3 Å². The molecule has 0 radical (unpaired) electrons. The minimum Gasteiger partial charge on any atom is -0.481 e. The number of carboxylic acid groups (broad SMARTS) is 1. The van der Waals surface area contributed by atoms with E-state index in [9.17, 15) is 14.4 Å². The molecule has 0 bridgehead atoms. The summed E-state index contributed by atoms with van der Waals surface area (Å²) in [6, 6.07) is 16.2. The molecule has 2 atom stereocenters. The molecule has 0 aliphatic heterocycles. The number of fused-ring (bicyclic) bond motifs is 3. The van der Waals surface area contributed by atoms with Crippen LogP contribution in [0, 0.1) is 5.92 Å². The van der Waals surface area contributed by atoms with Crippen LogP contribution in [0.25, 0.3) is 11.1 Å². The van der Waals surface area contributed by atoms with E-state index >= 15 is 0 Å². The van der Waals surface area contributed by atoms with E-state index in [1.54, 1.807) is 13.8 Å². The number of carbonyl (C=O) groups excluding carboxylic acids is 2. The quantitative estimate of drug-likeness (QED) is 0.590. The normalized spacial score (nSPS) is 19.5. The van der Waals surface area contributed by atoms with Crippen molar-refractivity contribution in [3.63, 3.8) is 0 Å². The van der Waals surface area contributed by atoms with Crippen molar-refractivity contribution in [2.75, 3.05) is 6.61 Å². The zero-order valence-corrected chi connectivity index (χ0v) is 19.0. The number of hydrogen-bond acceptors (Lipinski definition) is 4. The molecule has 174 valence electrons. The highest BCUT2D eigenvalue weighted by Crippen LogP contribution is 2.44. The van der Waals surface area contributed by atoms with E-state index in [-0.39, 0.29) is 36.8 Å². The predicted molar refractivity (Wildman–Crippen MR) is 124 cm³/mol. The van der Waals surface area contributed by atoms with Crippen LogP contribution in [0.15, 0.2) is 48.5 Å². The van der Waals surface area contributed by atoms with Gasteiger partial charge in [0.2, 0.25) is 5.91 Å². The molecule has 0 spiro atoms. The van der Waals surface area contributed by atoms with Crippen LogP contribution < -0.4 is 10.6 Å². The third kappa shape index (κ3) is 5.18. The van der Waals surface area contributed by atoms with Crippen molar-refractivity contribution in [2.45, 2.75) is 57.0 Å². The monoisotopic (exact) mass is 450 g/mol. The third-order valence-corrected chi connectivity index (χ3v) is 6.52. The van der Waals surface area contributed by atoms with Crippen molar-refractivity contribution in [2.24, 2.45) is 5.92 Å². The summed E-state index contributed by atoms with van der Waals surface area (Å²) >= 11 is 0. The smallest absolute Gasteiger partial charge is 0.407 e. The fraction of sp³-hybridized carbons (Fsp3) is 0.423. The first-order valence-corrected chi connectivity index (χ1v) is 11.4. The van der Waals surface area contributed by atoms with Gasteiger partial charge in [0.05, 0.1) is 6.42 Å². The molecule has 2 aliphatic carbocycles. The lowest BCUT2D eigenvalue weighted by Crippen LogP contribution is -2.47. The molecule has 2 aromatic rings. The summed E-state index contributed by atoms with van der Waals surface area (Å²) < 4.78 is 5.61. The van der Waals surface area contributed by atoms with Gasteiger partial charge in [-0.15, -0.1) is 0 Å². The average molecular weight is 451 g/mol. The number of carboxylic acids is 1. The molecule has 2 aromatic carbocycles. The summed E-state index contributed by atoms with van der Waals surface area (Å²) in [5, 5.41) is 14.7. The van der Waals surface area contributed by atoms with Crippen LogP contribution >= 0.6 is 0 Å². The molecule has 7 heteroatoms. The molecule has 1 saturated carbocycles. The summed E-state index contributed by atoms with van der Waals surface area (Å²) in [6.07, 6.45) is 1.21. The number of alkyl carbamates (subject to hydrolysis) is 1. The van der Waals surface area contributed by atoms with Crippen LogP contribution in [0.1, 0.15) is 56.6 Å². The Morgan fingerprint density at radius 1 is 1.00 bits per heavy atom. The molecule has 0 heterocycles. The maximum absolute atomic E-state index is 12.6. The van der Waals surface area contributed by atoms with E-state index in [2.05, 4.69) is 34.9 Å². The first-order valence-electron chi connectivity index (χ1n) is 11.4. The number of aliphatic carboxylic acids is 1. The number of benzene rings is 2. The summed E-state index contributed by atoms with van der Waals surface area (Å²) in [6.45, 7) is 3.64. The summed E-state index contributed by atoms with van der Waals surface area (Å²) in [7, 11) is 0. The summed E-state index contributed by atoms with van der Waals surface area (Å²) in [5.41, 5.74) is 3.86. The fourth-order valence-electron chi connectivity index (χ4n) is 5.02. The zero-order valence-electron chi connectivity index (χ0n) is 19.0. The van der Waals surface area contributed by atoms with Gasteiger partial charge in [-0.05, 0) is 55.4 Å². The van der Waals surface area contributed by atoms with Crippen molar-refractivity contribution in [3.8, 4) is 11.1 Å². The molecule has 3 N–H and O–H groups in total. The third-order valence-electron chi connectivity index (χ3n) is 6.52. The fourth-order valence-corrected chi connectivity index (χ4v) is 5.02. The lowest BCUT2D eigenvalue weighted by molar-refractivity contribution is -0.139. The molecule has 33 heavy (non-hydrogen) atoms. The van der Waals surface area contributed by atoms with Gasteiger partial charge in [-0.3, -0.25) is 9.59 Å². The van der Waals surface area contributed by atoms with Crippen molar-refractivity contribution in [1.82, 2.24) is 10.6 Å². The van der Waals surface area contributed by atoms with Crippen LogP contribution in [0.4, 0.5) is 4.79 Å². The second kappa shape index (κ2) is 9.25. The van der Waals surface area contributed by atoms with Crippen LogP contribution in [0.5, 0.6) is 0 Å². The Kier molecular flexibility index (Phi) is 6.40. The Morgan fingerprint density at radius 3 is 2.21 bits per heavy atom. The minimum atomic E-state index is -0.957. The molecular formula is C26H30N2O5. The molecule has 0 saturated heterocycles. The Labute approximate surface area is 193 Å². The van der Waals surface area contributed by atoms with Crippen molar-refractivity contribution in [1.29, 1.82) is 0 Å². The minimum absolute atomic E-state index is 0.00159. The first kappa shape index (κ1) is 22.8. The molecule has 2 amide bonds. The number of amides is 2. The van der Waals surface area contributed by atoms with Gasteiger partial charge in [0.15, 0.2) is 0 Å². The lowest BCUT2D eigenvalue weighted by atomic mass is 9.98. The maximum atomic E-state index is 12.6. The van der Waals surface area contributed by atoms with E-state index in [0.717, 1.165) is 11.1 Å². The first-order chi connectivity index (χ1) is 15.7. The number of nitrogens with one attached hydrogen (secondary N) is 2. The Hall–Kier alpha value is -3.35. The van der Waals surface area contributed by atoms with Gasteiger partial charge in [0.25, 0.3) is 0 Å². The van der Waals surface area contributed by atoms with Gasteiger partial charge in [-0.2, -0.15) is 0 Å². The SMILES string of the molecule is CC(C)(CC(=O)O)NC(=O)[C@H]1CC[C@@H](NC(=O)OCC2c3ccccc3-c3ccccc32)C1. The average Bonchev–Trinajstić information content (AvgIpc) is 3.34. The standard InChI is InChI=1S/C26H30N2O5/c1-26(2,14-23(29)30)28-24(31)16-11-12-17(13-16)27-25(32)33-15-22-20-9-5-3-7-18(20)19-8-4-6-10-21(19)22/h3-10,16-17,22H,11-15H2,1-2H3,(H,27,32)(H,28,31)(H,29,30)/t16-,17+/m0/s1. The Morgan fingerprint density at radius 2 is 1.61 bits per heavy atom. The second-order valence-electron chi connectivity index (χ2n) is 9.62. The number of hydrogen-bond donors (Lipinski definition) is 3. The summed E-state index contributed by atoms with van der Waals surface area (Å²) in [5.74, 6) is -1.38.